The molecule has 0 bridgehead atoms. The predicted octanol–water partition coefficient (Wildman–Crippen LogP) is 4.84. The van der Waals surface area contributed by atoms with E-state index in [1.807, 2.05) is 12.1 Å². The van der Waals surface area contributed by atoms with Crippen LogP contribution >= 0.6 is 23.2 Å². The molecule has 1 aromatic carbocycles. The number of nitrogens with one attached hydrogen (secondary N) is 1. The lowest BCUT2D eigenvalue weighted by molar-refractivity contribution is 0.551. The van der Waals surface area contributed by atoms with Gasteiger partial charge in [0.05, 0.1) is 10.7 Å². The summed E-state index contributed by atoms with van der Waals surface area (Å²) in [7, 11) is 0. The van der Waals surface area contributed by atoms with Crippen LogP contribution in [-0.4, -0.2) is 6.54 Å². The van der Waals surface area contributed by atoms with Gasteiger partial charge in [0.2, 0.25) is 0 Å². The molecule has 1 N–H and O–H groups in total. The molecule has 84 valence electrons. The Morgan fingerprint density at radius 2 is 2.07 bits per heavy atom. The van der Waals surface area contributed by atoms with E-state index in [0.29, 0.717) is 10.9 Å². The van der Waals surface area contributed by atoms with Crippen molar-refractivity contribution in [2.45, 2.75) is 26.7 Å². The van der Waals surface area contributed by atoms with Crippen LogP contribution < -0.4 is 5.32 Å². The van der Waals surface area contributed by atoms with E-state index < -0.39 is 0 Å². The summed E-state index contributed by atoms with van der Waals surface area (Å²) < 4.78 is 0. The number of hydrogen-bond donors (Lipinski definition) is 1. The topological polar surface area (TPSA) is 12.0 Å². The van der Waals surface area contributed by atoms with E-state index in [1.54, 1.807) is 6.07 Å². The van der Waals surface area contributed by atoms with Gasteiger partial charge >= 0.3 is 0 Å². The SMILES string of the molecule is CCCC(C)CNc1cc(Cl)ccc1Cl. The minimum Gasteiger partial charge on any atom is -0.384 e. The Labute approximate surface area is 102 Å². The summed E-state index contributed by atoms with van der Waals surface area (Å²) in [4.78, 5) is 0. The van der Waals surface area contributed by atoms with Gasteiger partial charge in [0.1, 0.15) is 0 Å². The third kappa shape index (κ3) is 4.31. The first-order chi connectivity index (χ1) is 7.13. The van der Waals surface area contributed by atoms with E-state index in [1.165, 1.54) is 12.8 Å². The molecule has 0 aromatic heterocycles. The Hall–Kier alpha value is -0.400. The lowest BCUT2D eigenvalue weighted by atomic mass is 10.1. The maximum Gasteiger partial charge on any atom is 0.0638 e. The first kappa shape index (κ1) is 12.7. The molecule has 0 spiro atoms. The average molecular weight is 246 g/mol. The molecule has 0 aliphatic heterocycles. The predicted molar refractivity (Wildman–Crippen MR) is 69.0 cm³/mol. The van der Waals surface area contributed by atoms with Crippen molar-refractivity contribution in [1.82, 2.24) is 0 Å². The zero-order chi connectivity index (χ0) is 11.3. The van der Waals surface area contributed by atoms with Crippen LogP contribution in [0.15, 0.2) is 18.2 Å². The summed E-state index contributed by atoms with van der Waals surface area (Å²) in [5.74, 6) is 0.657. The molecule has 0 saturated carbocycles. The van der Waals surface area contributed by atoms with Crippen LogP contribution in [0.1, 0.15) is 26.7 Å². The highest BCUT2D eigenvalue weighted by molar-refractivity contribution is 6.35. The van der Waals surface area contributed by atoms with Gasteiger partial charge in [-0.1, -0.05) is 43.5 Å². The Kier molecular flexibility index (Phi) is 5.27. The highest BCUT2D eigenvalue weighted by atomic mass is 35.5. The highest BCUT2D eigenvalue weighted by Crippen LogP contribution is 2.25. The van der Waals surface area contributed by atoms with E-state index in [2.05, 4.69) is 19.2 Å². The molecule has 1 rings (SSSR count). The molecule has 0 radical (unpaired) electrons. The molecule has 3 heteroatoms. The fourth-order valence-corrected chi connectivity index (χ4v) is 1.87. The number of anilines is 1. The monoisotopic (exact) mass is 245 g/mol. The summed E-state index contributed by atoms with van der Waals surface area (Å²) in [5, 5.41) is 4.76. The van der Waals surface area contributed by atoms with Gasteiger partial charge < -0.3 is 5.32 Å². The van der Waals surface area contributed by atoms with Gasteiger partial charge in [0, 0.05) is 11.6 Å². The third-order valence-corrected chi connectivity index (χ3v) is 2.92. The molecule has 1 aromatic rings. The van der Waals surface area contributed by atoms with Gasteiger partial charge in [-0.3, -0.25) is 0 Å². The Morgan fingerprint density at radius 3 is 2.73 bits per heavy atom. The quantitative estimate of drug-likeness (QED) is 0.783. The normalized spacial score (nSPS) is 12.5. The standard InChI is InChI=1S/C12H17Cl2N/c1-3-4-9(2)8-15-12-7-10(13)5-6-11(12)14/h5-7,9,15H,3-4,8H2,1-2H3. The smallest absolute Gasteiger partial charge is 0.0638 e. The minimum absolute atomic E-state index is 0.657. The Morgan fingerprint density at radius 1 is 1.33 bits per heavy atom. The lowest BCUT2D eigenvalue weighted by Gasteiger charge is -2.13. The fraction of sp³-hybridized carbons (Fsp3) is 0.500. The molecule has 0 amide bonds. The molecule has 0 heterocycles. The van der Waals surface area contributed by atoms with E-state index in [4.69, 9.17) is 23.2 Å². The molecule has 0 aliphatic carbocycles. The maximum absolute atomic E-state index is 6.04. The Bertz CT molecular complexity index is 312. The highest BCUT2D eigenvalue weighted by Gasteiger charge is 2.03. The van der Waals surface area contributed by atoms with Crippen molar-refractivity contribution in [3.05, 3.63) is 28.2 Å². The van der Waals surface area contributed by atoms with Crippen LogP contribution in [-0.2, 0) is 0 Å². The molecule has 1 nitrogen and oxygen atoms in total. The van der Waals surface area contributed by atoms with Crippen molar-refractivity contribution in [1.29, 1.82) is 0 Å². The van der Waals surface area contributed by atoms with E-state index in [-0.39, 0.29) is 0 Å². The van der Waals surface area contributed by atoms with Crippen LogP contribution in [0, 0.1) is 5.92 Å². The van der Waals surface area contributed by atoms with Gasteiger partial charge in [0.15, 0.2) is 0 Å². The molecule has 1 unspecified atom stereocenters. The summed E-state index contributed by atoms with van der Waals surface area (Å²) in [5.41, 5.74) is 0.923. The molecular weight excluding hydrogens is 229 g/mol. The molecule has 15 heavy (non-hydrogen) atoms. The molecule has 0 saturated heterocycles. The van der Waals surface area contributed by atoms with Gasteiger partial charge in [-0.2, -0.15) is 0 Å². The molecular formula is C12H17Cl2N. The largest absolute Gasteiger partial charge is 0.384 e. The summed E-state index contributed by atoms with van der Waals surface area (Å²) in [6, 6.07) is 5.48. The molecule has 0 aliphatic rings. The van der Waals surface area contributed by atoms with Crippen LogP contribution in [0.2, 0.25) is 10.0 Å². The number of halogens is 2. The number of benzene rings is 1. The van der Waals surface area contributed by atoms with Crippen LogP contribution in [0.25, 0.3) is 0 Å². The zero-order valence-electron chi connectivity index (χ0n) is 9.19. The van der Waals surface area contributed by atoms with Gasteiger partial charge in [0.25, 0.3) is 0 Å². The summed E-state index contributed by atoms with van der Waals surface area (Å²) >= 11 is 11.9. The Balaban J connectivity index is 2.53. The van der Waals surface area contributed by atoms with Crippen LogP contribution in [0.5, 0.6) is 0 Å². The van der Waals surface area contributed by atoms with E-state index in [0.717, 1.165) is 17.3 Å². The van der Waals surface area contributed by atoms with Crippen molar-refractivity contribution in [3.8, 4) is 0 Å². The van der Waals surface area contributed by atoms with Gasteiger partial charge in [-0.25, -0.2) is 0 Å². The van der Waals surface area contributed by atoms with Gasteiger partial charge in [-0.05, 0) is 30.5 Å². The van der Waals surface area contributed by atoms with Crippen molar-refractivity contribution < 1.29 is 0 Å². The zero-order valence-corrected chi connectivity index (χ0v) is 10.7. The maximum atomic E-state index is 6.04. The van der Waals surface area contributed by atoms with Gasteiger partial charge in [-0.15, -0.1) is 0 Å². The first-order valence-corrected chi connectivity index (χ1v) is 6.08. The molecule has 1 atom stereocenters. The number of hydrogen-bond acceptors (Lipinski definition) is 1. The first-order valence-electron chi connectivity index (χ1n) is 5.32. The minimum atomic E-state index is 0.657. The second-order valence-electron chi connectivity index (χ2n) is 3.90. The third-order valence-electron chi connectivity index (χ3n) is 2.35. The number of rotatable bonds is 5. The molecule has 0 fully saturated rings. The fourth-order valence-electron chi connectivity index (χ4n) is 1.51. The van der Waals surface area contributed by atoms with Crippen molar-refractivity contribution >= 4 is 28.9 Å². The van der Waals surface area contributed by atoms with E-state index in [9.17, 15) is 0 Å². The van der Waals surface area contributed by atoms with Crippen molar-refractivity contribution in [3.63, 3.8) is 0 Å². The van der Waals surface area contributed by atoms with Crippen LogP contribution in [0.4, 0.5) is 5.69 Å². The summed E-state index contributed by atoms with van der Waals surface area (Å²) in [6.45, 7) is 5.37. The second kappa shape index (κ2) is 6.24. The lowest BCUT2D eigenvalue weighted by Crippen LogP contribution is -2.11. The van der Waals surface area contributed by atoms with E-state index >= 15 is 0 Å². The average Bonchev–Trinajstić information content (AvgIpc) is 2.20. The van der Waals surface area contributed by atoms with Crippen molar-refractivity contribution in [2.75, 3.05) is 11.9 Å². The summed E-state index contributed by atoms with van der Waals surface area (Å²) in [6.07, 6.45) is 2.44. The van der Waals surface area contributed by atoms with Crippen molar-refractivity contribution in [2.24, 2.45) is 5.92 Å². The van der Waals surface area contributed by atoms with Crippen LogP contribution in [0.3, 0.4) is 0 Å². The second-order valence-corrected chi connectivity index (χ2v) is 4.74.